The Balaban J connectivity index is 1.53. The maximum atomic E-state index is 12.7. The molecule has 0 saturated heterocycles. The van der Waals surface area contributed by atoms with Crippen molar-refractivity contribution in [2.75, 3.05) is 5.32 Å². The number of amides is 1. The van der Waals surface area contributed by atoms with Gasteiger partial charge in [0.25, 0.3) is 11.6 Å². The average Bonchev–Trinajstić information content (AvgIpc) is 3.24. The summed E-state index contributed by atoms with van der Waals surface area (Å²) in [5.41, 5.74) is 1.74. The largest absolute Gasteiger partial charge is 0.449 e. The van der Waals surface area contributed by atoms with Crippen molar-refractivity contribution in [2.24, 2.45) is 0 Å². The molecule has 0 aliphatic carbocycles. The lowest BCUT2D eigenvalue weighted by atomic mass is 10.1. The van der Waals surface area contributed by atoms with Crippen LogP contribution < -0.4 is 5.32 Å². The highest BCUT2D eigenvalue weighted by Gasteiger charge is 2.24. The van der Waals surface area contributed by atoms with Gasteiger partial charge in [0.1, 0.15) is 11.3 Å². The van der Waals surface area contributed by atoms with Crippen molar-refractivity contribution < 1.29 is 19.2 Å². The number of carbonyl (C=O) groups excluding carboxylic acids is 2. The van der Waals surface area contributed by atoms with Crippen molar-refractivity contribution in [1.29, 1.82) is 0 Å². The lowest BCUT2D eigenvalue weighted by molar-refractivity contribution is -0.383. The highest BCUT2D eigenvalue weighted by molar-refractivity contribution is 6.00. The maximum Gasteiger partial charge on any atom is 0.344 e. The van der Waals surface area contributed by atoms with Crippen LogP contribution in [-0.2, 0) is 9.53 Å². The number of nitro benzene ring substituents is 1. The molecule has 0 spiro atoms. The summed E-state index contributed by atoms with van der Waals surface area (Å²) in [6.45, 7) is 1.37. The van der Waals surface area contributed by atoms with Crippen LogP contribution in [0.15, 0.2) is 73.1 Å². The van der Waals surface area contributed by atoms with Gasteiger partial charge < -0.3 is 10.1 Å². The molecule has 0 saturated carbocycles. The van der Waals surface area contributed by atoms with E-state index in [9.17, 15) is 19.7 Å². The zero-order valence-electron chi connectivity index (χ0n) is 16.8. The highest BCUT2D eigenvalue weighted by atomic mass is 16.6. The third kappa shape index (κ3) is 4.01. The molecule has 32 heavy (non-hydrogen) atoms. The summed E-state index contributed by atoms with van der Waals surface area (Å²) in [5, 5.41) is 17.8. The first-order valence-electron chi connectivity index (χ1n) is 9.59. The van der Waals surface area contributed by atoms with Crippen molar-refractivity contribution >= 4 is 28.9 Å². The van der Waals surface area contributed by atoms with Crippen LogP contribution in [0.2, 0.25) is 0 Å². The lowest BCUT2D eigenvalue weighted by Crippen LogP contribution is -2.30. The van der Waals surface area contributed by atoms with E-state index in [-0.39, 0.29) is 22.6 Å². The number of aromatic nitrogens is 3. The van der Waals surface area contributed by atoms with Crippen molar-refractivity contribution in [3.8, 4) is 11.3 Å². The van der Waals surface area contributed by atoms with Gasteiger partial charge in [0.05, 0.1) is 16.8 Å². The number of para-hydroxylation sites is 2. The van der Waals surface area contributed by atoms with Gasteiger partial charge in [-0.05, 0) is 19.1 Å². The normalized spacial score (nSPS) is 11.7. The molecule has 0 aliphatic rings. The van der Waals surface area contributed by atoms with E-state index in [4.69, 9.17) is 4.74 Å². The minimum absolute atomic E-state index is 0.00977. The third-order valence-electron chi connectivity index (χ3n) is 4.70. The van der Waals surface area contributed by atoms with E-state index in [2.05, 4.69) is 15.4 Å². The van der Waals surface area contributed by atoms with Crippen LogP contribution in [0, 0.1) is 10.1 Å². The van der Waals surface area contributed by atoms with Gasteiger partial charge in [0, 0.05) is 17.8 Å². The van der Waals surface area contributed by atoms with Crippen LogP contribution in [0.4, 0.5) is 11.4 Å². The Morgan fingerprint density at radius 2 is 1.81 bits per heavy atom. The van der Waals surface area contributed by atoms with Crippen molar-refractivity contribution in [1.82, 2.24) is 14.6 Å². The Morgan fingerprint density at radius 3 is 2.56 bits per heavy atom. The molecule has 0 aliphatic heterocycles. The summed E-state index contributed by atoms with van der Waals surface area (Å²) in [4.78, 5) is 39.9. The Kier molecular flexibility index (Phi) is 5.58. The van der Waals surface area contributed by atoms with Crippen LogP contribution in [0.25, 0.3) is 16.9 Å². The van der Waals surface area contributed by atoms with Gasteiger partial charge in [0.2, 0.25) is 0 Å². The van der Waals surface area contributed by atoms with E-state index in [1.807, 2.05) is 30.3 Å². The SMILES string of the molecule is C[C@@H](OC(=O)c1cnn2c(-c3ccccc3)ccnc12)C(=O)Nc1ccccc1[N+](=O)[O-]. The van der Waals surface area contributed by atoms with Crippen molar-refractivity contribution in [3.05, 3.63) is 88.7 Å². The van der Waals surface area contributed by atoms with E-state index in [1.54, 1.807) is 18.3 Å². The fraction of sp³-hybridized carbons (Fsp3) is 0.0909. The van der Waals surface area contributed by atoms with Crippen LogP contribution in [0.3, 0.4) is 0 Å². The number of nitro groups is 1. The minimum atomic E-state index is -1.21. The smallest absolute Gasteiger partial charge is 0.344 e. The van der Waals surface area contributed by atoms with Gasteiger partial charge in [-0.1, -0.05) is 42.5 Å². The summed E-state index contributed by atoms with van der Waals surface area (Å²) < 4.78 is 6.79. The first-order chi connectivity index (χ1) is 15.5. The fourth-order valence-electron chi connectivity index (χ4n) is 3.11. The monoisotopic (exact) mass is 431 g/mol. The quantitative estimate of drug-likeness (QED) is 0.281. The number of esters is 1. The van der Waals surface area contributed by atoms with Crippen LogP contribution in [0.5, 0.6) is 0 Å². The third-order valence-corrected chi connectivity index (χ3v) is 4.70. The molecule has 0 unspecified atom stereocenters. The molecule has 0 bridgehead atoms. The molecule has 10 heteroatoms. The molecule has 160 valence electrons. The Hall–Kier alpha value is -4.60. The Labute approximate surface area is 181 Å². The molecule has 1 N–H and O–H groups in total. The summed E-state index contributed by atoms with van der Waals surface area (Å²) in [6.07, 6.45) is 1.67. The second kappa shape index (κ2) is 8.64. The number of carbonyl (C=O) groups is 2. The molecule has 2 aromatic heterocycles. The van der Waals surface area contributed by atoms with Crippen molar-refractivity contribution in [2.45, 2.75) is 13.0 Å². The van der Waals surface area contributed by atoms with Gasteiger partial charge in [-0.15, -0.1) is 0 Å². The molecule has 2 heterocycles. The summed E-state index contributed by atoms with van der Waals surface area (Å²) in [6, 6.07) is 16.9. The number of fused-ring (bicyclic) bond motifs is 1. The lowest BCUT2D eigenvalue weighted by Gasteiger charge is -2.13. The van der Waals surface area contributed by atoms with Crippen LogP contribution in [-0.4, -0.2) is 37.5 Å². The van der Waals surface area contributed by atoms with Gasteiger partial charge in [0.15, 0.2) is 11.8 Å². The van der Waals surface area contributed by atoms with Gasteiger partial charge >= 0.3 is 5.97 Å². The Morgan fingerprint density at radius 1 is 1.09 bits per heavy atom. The summed E-state index contributed by atoms with van der Waals surface area (Å²) >= 11 is 0. The number of anilines is 1. The molecule has 4 aromatic rings. The van der Waals surface area contributed by atoms with Gasteiger partial charge in [-0.25, -0.2) is 14.3 Å². The predicted octanol–water partition coefficient (Wildman–Crippen LogP) is 3.49. The van der Waals surface area contributed by atoms with Crippen molar-refractivity contribution in [3.63, 3.8) is 0 Å². The van der Waals surface area contributed by atoms with E-state index in [1.165, 1.54) is 35.8 Å². The number of nitrogens with zero attached hydrogens (tertiary/aromatic N) is 4. The molecule has 1 atom stereocenters. The van der Waals surface area contributed by atoms with Gasteiger partial charge in [-0.2, -0.15) is 5.10 Å². The van der Waals surface area contributed by atoms with E-state index >= 15 is 0 Å². The van der Waals surface area contributed by atoms with E-state index in [0.717, 1.165) is 11.3 Å². The zero-order chi connectivity index (χ0) is 22.7. The number of rotatable bonds is 6. The molecule has 10 nitrogen and oxygen atoms in total. The number of hydrogen-bond acceptors (Lipinski definition) is 7. The fourth-order valence-corrected chi connectivity index (χ4v) is 3.11. The standard InChI is InChI=1S/C22H17N5O5/c1-14(21(28)25-17-9-5-6-10-19(17)27(30)31)32-22(29)16-13-24-26-18(11-12-23-20(16)26)15-7-3-2-4-8-15/h2-14H,1H3,(H,25,28)/t14-/m1/s1. The molecule has 1 amide bonds. The topological polar surface area (TPSA) is 129 Å². The minimum Gasteiger partial charge on any atom is -0.449 e. The molecule has 0 radical (unpaired) electrons. The average molecular weight is 431 g/mol. The molecular weight excluding hydrogens is 414 g/mol. The first-order valence-corrected chi connectivity index (χ1v) is 9.59. The second-order valence-corrected chi connectivity index (χ2v) is 6.80. The molecule has 2 aromatic carbocycles. The van der Waals surface area contributed by atoms with E-state index in [0.29, 0.717) is 0 Å². The number of hydrogen-bond donors (Lipinski definition) is 1. The molecular formula is C22H17N5O5. The summed E-state index contributed by atoms with van der Waals surface area (Å²) in [5.74, 6) is -1.50. The van der Waals surface area contributed by atoms with Crippen LogP contribution in [0.1, 0.15) is 17.3 Å². The zero-order valence-corrected chi connectivity index (χ0v) is 16.8. The van der Waals surface area contributed by atoms with Gasteiger partial charge in [-0.3, -0.25) is 14.9 Å². The number of ether oxygens (including phenoxy) is 1. The van der Waals surface area contributed by atoms with Crippen LogP contribution >= 0.6 is 0 Å². The first kappa shape index (κ1) is 20.7. The second-order valence-electron chi connectivity index (χ2n) is 6.80. The Bertz CT molecular complexity index is 1320. The number of benzene rings is 2. The molecule has 0 fully saturated rings. The number of nitrogens with one attached hydrogen (secondary N) is 1. The maximum absolute atomic E-state index is 12.7. The highest BCUT2D eigenvalue weighted by Crippen LogP contribution is 2.24. The summed E-state index contributed by atoms with van der Waals surface area (Å²) in [7, 11) is 0. The molecule has 4 rings (SSSR count). The van der Waals surface area contributed by atoms with E-state index < -0.39 is 22.9 Å². The predicted molar refractivity (Wildman–Crippen MR) is 115 cm³/mol.